The van der Waals surface area contributed by atoms with Crippen LogP contribution in [0.25, 0.3) is 0 Å². The van der Waals surface area contributed by atoms with Crippen molar-refractivity contribution >= 4 is 16.1 Å². The fourth-order valence-electron chi connectivity index (χ4n) is 1.50. The maximum Gasteiger partial charge on any atom is -1.00 e. The summed E-state index contributed by atoms with van der Waals surface area (Å²) in [6.07, 6.45) is 7.41. The molecule has 6 heteroatoms. The summed E-state index contributed by atoms with van der Waals surface area (Å²) in [4.78, 5) is 0. The number of halogens is 3. The van der Waals surface area contributed by atoms with Gasteiger partial charge in [0.2, 0.25) is 0 Å². The van der Waals surface area contributed by atoms with E-state index in [1.807, 2.05) is 0 Å². The number of allylic oxidation sites excluding steroid dienone is 4. The van der Waals surface area contributed by atoms with Gasteiger partial charge < -0.3 is 37.2 Å². The SMILES string of the molecule is C[Si](C)(C)C1=C[C]([Ti+3])([Si](C)(C)C)C=C1.[Cl-].[Cl-].[Cl-]. The second kappa shape index (κ2) is 7.33. The molecule has 0 heterocycles. The average molecular weight is 364 g/mol. The smallest absolute Gasteiger partial charge is 1.00 e. The Kier molecular flexibility index (Phi) is 10.2. The van der Waals surface area contributed by atoms with Crippen LogP contribution in [-0.2, 0) is 20.4 Å². The molecule has 1 aliphatic rings. The molecular weight excluding hydrogens is 343 g/mol. The minimum absolute atomic E-state index is 0. The van der Waals surface area contributed by atoms with Crippen LogP contribution in [0.3, 0.4) is 0 Å². The van der Waals surface area contributed by atoms with Gasteiger partial charge in [-0.2, -0.15) is 0 Å². The first-order valence-corrected chi connectivity index (χ1v) is 13.0. The molecule has 0 spiro atoms. The third-order valence-electron chi connectivity index (χ3n) is 3.02. The summed E-state index contributed by atoms with van der Waals surface area (Å²) in [6.45, 7) is 14.7. The van der Waals surface area contributed by atoms with Crippen LogP contribution in [0.2, 0.25) is 42.6 Å². The van der Waals surface area contributed by atoms with Gasteiger partial charge in [-0.3, -0.25) is 0 Å². The third-order valence-corrected chi connectivity index (χ3v) is 11.9. The van der Waals surface area contributed by atoms with Crippen LogP contribution in [0.5, 0.6) is 0 Å². The zero-order chi connectivity index (χ0) is 11.2. The summed E-state index contributed by atoms with van der Waals surface area (Å²) in [5, 5.41) is 1.64. The summed E-state index contributed by atoms with van der Waals surface area (Å²) in [7, 11) is -2.21. The van der Waals surface area contributed by atoms with Gasteiger partial charge in [0.1, 0.15) is 0 Å². The van der Waals surface area contributed by atoms with Crippen LogP contribution in [0, 0.1) is 0 Å². The van der Waals surface area contributed by atoms with Crippen molar-refractivity contribution in [1.82, 2.24) is 0 Å². The van der Waals surface area contributed by atoms with E-state index in [2.05, 4.69) is 77.9 Å². The summed E-state index contributed by atoms with van der Waals surface area (Å²) in [5.41, 5.74) is 0. The van der Waals surface area contributed by atoms with E-state index in [0.29, 0.717) is 3.34 Å². The van der Waals surface area contributed by atoms with Crippen LogP contribution in [0.15, 0.2) is 23.4 Å². The Labute approximate surface area is 139 Å². The molecule has 1 aliphatic carbocycles. The van der Waals surface area contributed by atoms with Crippen LogP contribution < -0.4 is 37.2 Å². The zero-order valence-corrected chi connectivity index (χ0v) is 17.2. The Balaban J connectivity index is -0.000000653. The number of hydrogen-bond donors (Lipinski definition) is 0. The second-order valence-corrected chi connectivity index (χ2v) is 18.8. The van der Waals surface area contributed by atoms with Gasteiger partial charge in [0.05, 0.1) is 0 Å². The minimum atomic E-state index is -1.11. The van der Waals surface area contributed by atoms with Crippen LogP contribution in [0.4, 0.5) is 0 Å². The molecule has 0 aromatic heterocycles. The van der Waals surface area contributed by atoms with E-state index in [1.165, 1.54) is 0 Å². The molecule has 0 amide bonds. The van der Waals surface area contributed by atoms with Crippen LogP contribution in [-0.4, -0.2) is 16.1 Å². The molecule has 0 bridgehead atoms. The van der Waals surface area contributed by atoms with Crippen molar-refractivity contribution in [2.45, 2.75) is 42.6 Å². The van der Waals surface area contributed by atoms with E-state index >= 15 is 0 Å². The topological polar surface area (TPSA) is 0 Å². The predicted octanol–water partition coefficient (Wildman–Crippen LogP) is -5.05. The summed E-state index contributed by atoms with van der Waals surface area (Å²) in [6, 6.07) is 0. The summed E-state index contributed by atoms with van der Waals surface area (Å²) in [5.74, 6) is 0. The van der Waals surface area contributed by atoms with Crippen molar-refractivity contribution in [3.05, 3.63) is 23.4 Å². The first kappa shape index (κ1) is 23.6. The molecule has 0 aliphatic heterocycles. The molecule has 0 saturated carbocycles. The largest absolute Gasteiger partial charge is 1.00 e. The summed E-state index contributed by atoms with van der Waals surface area (Å²) < 4.78 is 0.391. The van der Waals surface area contributed by atoms with Gasteiger partial charge >= 0.3 is 103 Å². The first-order valence-electron chi connectivity index (χ1n) is 5.24. The Hall–Kier alpha value is 1.50. The molecule has 0 aromatic carbocycles. The average Bonchev–Trinajstić information content (AvgIpc) is 2.29. The molecule has 0 N–H and O–H groups in total. The molecule has 1 atom stereocenters. The van der Waals surface area contributed by atoms with Crippen molar-refractivity contribution in [3.8, 4) is 0 Å². The number of rotatable bonds is 2. The molecule has 0 radical (unpaired) electrons. The predicted molar refractivity (Wildman–Crippen MR) is 66.6 cm³/mol. The quantitative estimate of drug-likeness (QED) is 0.431. The standard InChI is InChI=1S/C11H21Si2.3ClH.Ti/c1-12(2,3)10-7-8-11(9-10)13(4,5)6;;;;/h7-9H,1-6H3;3*1H;/q;;;;+3/p-3. The minimum Gasteiger partial charge on any atom is -1.00 e. The van der Waals surface area contributed by atoms with Gasteiger partial charge in [0, 0.05) is 0 Å². The van der Waals surface area contributed by atoms with Crippen LogP contribution >= 0.6 is 0 Å². The van der Waals surface area contributed by atoms with E-state index in [9.17, 15) is 0 Å². The fourth-order valence-corrected chi connectivity index (χ4v) is 4.65. The van der Waals surface area contributed by atoms with E-state index in [1.54, 1.807) is 5.20 Å². The molecule has 1 unspecified atom stereocenters. The Morgan fingerprint density at radius 2 is 1.35 bits per heavy atom. The maximum atomic E-state index is 2.56. The van der Waals surface area contributed by atoms with Crippen molar-refractivity contribution in [3.63, 3.8) is 0 Å². The van der Waals surface area contributed by atoms with Crippen LogP contribution in [0.1, 0.15) is 0 Å². The molecule has 98 valence electrons. The van der Waals surface area contributed by atoms with E-state index in [0.717, 1.165) is 0 Å². The van der Waals surface area contributed by atoms with Gasteiger partial charge in [-0.05, 0) is 0 Å². The number of hydrogen-bond acceptors (Lipinski definition) is 0. The molecular formula is C11H21Cl3Si2Ti. The first-order chi connectivity index (χ1) is 6.06. The van der Waals surface area contributed by atoms with Crippen molar-refractivity contribution < 1.29 is 57.7 Å². The normalized spacial score (nSPS) is 23.2. The van der Waals surface area contributed by atoms with Gasteiger partial charge in [-0.25, -0.2) is 0 Å². The molecule has 0 nitrogen and oxygen atoms in total. The Bertz CT molecular complexity index is 303. The van der Waals surface area contributed by atoms with E-state index in [-0.39, 0.29) is 37.2 Å². The third kappa shape index (κ3) is 5.56. The van der Waals surface area contributed by atoms with Gasteiger partial charge in [0.25, 0.3) is 0 Å². The molecule has 0 saturated heterocycles. The molecule has 17 heavy (non-hydrogen) atoms. The van der Waals surface area contributed by atoms with Gasteiger partial charge in [-0.15, -0.1) is 0 Å². The fraction of sp³-hybridized carbons (Fsp3) is 0.636. The molecule has 0 aromatic rings. The van der Waals surface area contributed by atoms with E-state index < -0.39 is 16.1 Å². The monoisotopic (exact) mass is 362 g/mol. The second-order valence-electron chi connectivity index (χ2n) is 6.30. The van der Waals surface area contributed by atoms with Gasteiger partial charge in [0.15, 0.2) is 0 Å². The Morgan fingerprint density at radius 3 is 1.53 bits per heavy atom. The molecule has 1 rings (SSSR count). The van der Waals surface area contributed by atoms with Crippen molar-refractivity contribution in [1.29, 1.82) is 0 Å². The van der Waals surface area contributed by atoms with Crippen molar-refractivity contribution in [2.75, 3.05) is 0 Å². The maximum absolute atomic E-state index is 2.56. The van der Waals surface area contributed by atoms with Crippen molar-refractivity contribution in [2.24, 2.45) is 0 Å². The van der Waals surface area contributed by atoms with Gasteiger partial charge in [-0.1, -0.05) is 0 Å². The molecule has 0 fully saturated rings. The van der Waals surface area contributed by atoms with E-state index in [4.69, 9.17) is 0 Å². The zero-order valence-electron chi connectivity index (χ0n) is 11.4. The summed E-state index contributed by atoms with van der Waals surface area (Å²) >= 11 is 2.41. The Morgan fingerprint density at radius 1 is 0.941 bits per heavy atom.